The highest BCUT2D eigenvalue weighted by Crippen LogP contribution is 2.25. The molecule has 0 spiro atoms. The van der Waals surface area contributed by atoms with Gasteiger partial charge in [-0.15, -0.1) is 0 Å². The van der Waals surface area contributed by atoms with Gasteiger partial charge in [-0.2, -0.15) is 0 Å². The lowest BCUT2D eigenvalue weighted by molar-refractivity contribution is -0.117. The molecule has 0 radical (unpaired) electrons. The van der Waals surface area contributed by atoms with Crippen LogP contribution in [0.5, 0.6) is 0 Å². The smallest absolute Gasteiger partial charge is 0.253 e. The van der Waals surface area contributed by atoms with Crippen LogP contribution in [0.1, 0.15) is 28.9 Å². The van der Waals surface area contributed by atoms with Gasteiger partial charge in [0.2, 0.25) is 5.91 Å². The Morgan fingerprint density at radius 2 is 1.80 bits per heavy atom. The van der Waals surface area contributed by atoms with Crippen LogP contribution in [0.2, 0.25) is 0 Å². The van der Waals surface area contributed by atoms with Crippen molar-refractivity contribution in [2.75, 3.05) is 14.1 Å². The number of carbonyl (C=O) groups is 2. The fourth-order valence-corrected chi connectivity index (χ4v) is 2.45. The zero-order valence-electron chi connectivity index (χ0n) is 14.5. The minimum Gasteiger partial charge on any atom is -0.346 e. The topological polar surface area (TPSA) is 49.4 Å². The number of halogens is 1. The Bertz CT molecular complexity index is 798. The summed E-state index contributed by atoms with van der Waals surface area (Å²) < 4.78 is 14.4. The predicted octanol–water partition coefficient (Wildman–Crippen LogP) is 3.56. The maximum absolute atomic E-state index is 14.4. The lowest BCUT2D eigenvalue weighted by Crippen LogP contribution is -2.24. The summed E-state index contributed by atoms with van der Waals surface area (Å²) in [6.07, 6.45) is 1.22. The number of rotatable bonds is 5. The fourth-order valence-electron chi connectivity index (χ4n) is 2.45. The molecule has 0 aromatic heterocycles. The molecule has 0 saturated carbocycles. The standard InChI is InChI=1S/C20H21FN2O2/c1-5-19(24)22-13(2)14-6-8-15(9-7-14)17-11-10-16(12-18(17)21)20(25)23(3)4/h5-13H,1H2,2-4H3,(H,22,24)/t13-/m1/s1. The number of hydrogen-bond acceptors (Lipinski definition) is 2. The van der Waals surface area contributed by atoms with Crippen molar-refractivity contribution < 1.29 is 14.0 Å². The maximum atomic E-state index is 14.4. The zero-order valence-corrected chi connectivity index (χ0v) is 14.5. The van der Waals surface area contributed by atoms with Gasteiger partial charge in [0, 0.05) is 25.2 Å². The van der Waals surface area contributed by atoms with Gasteiger partial charge in [0.05, 0.1) is 6.04 Å². The van der Waals surface area contributed by atoms with E-state index < -0.39 is 5.82 Å². The van der Waals surface area contributed by atoms with Gasteiger partial charge < -0.3 is 10.2 Å². The van der Waals surface area contributed by atoms with E-state index in [0.717, 1.165) is 5.56 Å². The van der Waals surface area contributed by atoms with Crippen LogP contribution in [-0.2, 0) is 4.79 Å². The second-order valence-corrected chi connectivity index (χ2v) is 5.95. The minimum atomic E-state index is -0.451. The van der Waals surface area contributed by atoms with E-state index in [1.54, 1.807) is 38.4 Å². The SMILES string of the molecule is C=CC(=O)N[C@H](C)c1ccc(-c2ccc(C(=O)N(C)C)cc2F)cc1. The summed E-state index contributed by atoms with van der Waals surface area (Å²) in [5, 5.41) is 2.77. The van der Waals surface area contributed by atoms with E-state index in [-0.39, 0.29) is 17.9 Å². The van der Waals surface area contributed by atoms with Crippen LogP contribution in [0.15, 0.2) is 55.1 Å². The molecule has 0 heterocycles. The van der Waals surface area contributed by atoms with Crippen LogP contribution in [0.3, 0.4) is 0 Å². The summed E-state index contributed by atoms with van der Waals surface area (Å²) in [6, 6.07) is 11.5. The van der Waals surface area contributed by atoms with Gasteiger partial charge >= 0.3 is 0 Å². The third-order valence-corrected chi connectivity index (χ3v) is 3.89. The van der Waals surface area contributed by atoms with Gasteiger partial charge in [0.25, 0.3) is 5.91 Å². The molecule has 0 aliphatic heterocycles. The second-order valence-electron chi connectivity index (χ2n) is 5.95. The molecule has 2 rings (SSSR count). The van der Waals surface area contributed by atoms with Gasteiger partial charge in [-0.05, 0) is 36.3 Å². The lowest BCUT2D eigenvalue weighted by atomic mass is 9.99. The average Bonchev–Trinajstić information content (AvgIpc) is 2.60. The Hall–Kier alpha value is -2.95. The van der Waals surface area contributed by atoms with Crippen molar-refractivity contribution in [2.24, 2.45) is 0 Å². The first-order valence-electron chi connectivity index (χ1n) is 7.88. The Labute approximate surface area is 147 Å². The van der Waals surface area contributed by atoms with Crippen LogP contribution in [0.4, 0.5) is 4.39 Å². The molecule has 1 N–H and O–H groups in total. The number of nitrogens with zero attached hydrogens (tertiary/aromatic N) is 1. The summed E-state index contributed by atoms with van der Waals surface area (Å²) in [4.78, 5) is 24.7. The van der Waals surface area contributed by atoms with Crippen LogP contribution < -0.4 is 5.32 Å². The zero-order chi connectivity index (χ0) is 18.6. The molecule has 0 unspecified atom stereocenters. The van der Waals surface area contributed by atoms with Crippen molar-refractivity contribution >= 4 is 11.8 Å². The quantitative estimate of drug-likeness (QED) is 0.846. The highest BCUT2D eigenvalue weighted by atomic mass is 19.1. The van der Waals surface area contributed by atoms with Crippen molar-refractivity contribution in [1.82, 2.24) is 10.2 Å². The lowest BCUT2D eigenvalue weighted by Gasteiger charge is -2.14. The van der Waals surface area contributed by atoms with Crippen LogP contribution in [0, 0.1) is 5.82 Å². The molecule has 130 valence electrons. The van der Waals surface area contributed by atoms with Gasteiger partial charge in [-0.25, -0.2) is 4.39 Å². The molecule has 0 bridgehead atoms. The fraction of sp³-hybridized carbons (Fsp3) is 0.200. The average molecular weight is 340 g/mol. The first kappa shape index (κ1) is 18.4. The van der Waals surface area contributed by atoms with E-state index in [4.69, 9.17) is 0 Å². The summed E-state index contributed by atoms with van der Waals surface area (Å²) in [6.45, 7) is 5.28. The molecule has 2 aromatic rings. The molecule has 0 aliphatic rings. The molecule has 1 atom stereocenters. The Morgan fingerprint density at radius 1 is 1.16 bits per heavy atom. The van der Waals surface area contributed by atoms with Crippen LogP contribution in [-0.4, -0.2) is 30.8 Å². The number of hydrogen-bond donors (Lipinski definition) is 1. The first-order chi connectivity index (χ1) is 11.8. The Balaban J connectivity index is 2.23. The number of benzene rings is 2. The van der Waals surface area contributed by atoms with E-state index in [1.807, 2.05) is 19.1 Å². The molecule has 0 aliphatic carbocycles. The third kappa shape index (κ3) is 4.32. The van der Waals surface area contributed by atoms with Gasteiger partial charge in [0.1, 0.15) is 5.82 Å². The summed E-state index contributed by atoms with van der Waals surface area (Å²) in [5.74, 6) is -0.940. The van der Waals surface area contributed by atoms with E-state index >= 15 is 0 Å². The molecule has 2 aromatic carbocycles. The molecular formula is C20H21FN2O2. The molecule has 4 nitrogen and oxygen atoms in total. The van der Waals surface area contributed by atoms with Gasteiger partial charge in [-0.3, -0.25) is 9.59 Å². The van der Waals surface area contributed by atoms with E-state index in [2.05, 4.69) is 11.9 Å². The summed E-state index contributed by atoms with van der Waals surface area (Å²) >= 11 is 0. The first-order valence-corrected chi connectivity index (χ1v) is 7.88. The third-order valence-electron chi connectivity index (χ3n) is 3.89. The van der Waals surface area contributed by atoms with Crippen LogP contribution >= 0.6 is 0 Å². The molecular weight excluding hydrogens is 319 g/mol. The monoisotopic (exact) mass is 340 g/mol. The van der Waals surface area contributed by atoms with Crippen molar-refractivity contribution in [3.8, 4) is 11.1 Å². The second kappa shape index (κ2) is 7.75. The van der Waals surface area contributed by atoms with E-state index in [9.17, 15) is 14.0 Å². The minimum absolute atomic E-state index is 0.176. The van der Waals surface area contributed by atoms with Gasteiger partial charge in [0.15, 0.2) is 0 Å². The predicted molar refractivity (Wildman–Crippen MR) is 96.6 cm³/mol. The molecule has 0 fully saturated rings. The maximum Gasteiger partial charge on any atom is 0.253 e. The highest BCUT2D eigenvalue weighted by Gasteiger charge is 2.13. The van der Waals surface area contributed by atoms with Crippen molar-refractivity contribution in [3.05, 3.63) is 72.1 Å². The van der Waals surface area contributed by atoms with Crippen LogP contribution in [0.25, 0.3) is 11.1 Å². The Morgan fingerprint density at radius 3 is 2.32 bits per heavy atom. The van der Waals surface area contributed by atoms with E-state index in [0.29, 0.717) is 16.7 Å². The summed E-state index contributed by atoms with van der Waals surface area (Å²) in [5.41, 5.74) is 2.33. The van der Waals surface area contributed by atoms with Crippen molar-refractivity contribution in [2.45, 2.75) is 13.0 Å². The number of nitrogens with one attached hydrogen (secondary N) is 1. The molecule has 2 amide bonds. The van der Waals surface area contributed by atoms with E-state index in [1.165, 1.54) is 17.0 Å². The van der Waals surface area contributed by atoms with Crippen molar-refractivity contribution in [1.29, 1.82) is 0 Å². The molecule has 25 heavy (non-hydrogen) atoms. The number of amides is 2. The normalized spacial score (nSPS) is 11.5. The molecule has 0 saturated heterocycles. The van der Waals surface area contributed by atoms with Crippen molar-refractivity contribution in [3.63, 3.8) is 0 Å². The summed E-state index contributed by atoms with van der Waals surface area (Å²) in [7, 11) is 3.25. The number of carbonyl (C=O) groups excluding carboxylic acids is 2. The Kier molecular flexibility index (Phi) is 5.70. The van der Waals surface area contributed by atoms with Gasteiger partial charge in [-0.1, -0.05) is 36.9 Å². The largest absolute Gasteiger partial charge is 0.346 e. The highest BCUT2D eigenvalue weighted by molar-refractivity contribution is 5.94. The molecule has 5 heteroatoms.